The molecule has 1 aliphatic rings. The van der Waals surface area contributed by atoms with Gasteiger partial charge in [-0.15, -0.1) is 0 Å². The minimum Gasteiger partial charge on any atom is -0.383 e. The van der Waals surface area contributed by atoms with Crippen molar-refractivity contribution in [3.63, 3.8) is 0 Å². The van der Waals surface area contributed by atoms with Gasteiger partial charge in [-0.3, -0.25) is 4.79 Å². The highest BCUT2D eigenvalue weighted by atomic mass is 16.5. The van der Waals surface area contributed by atoms with E-state index in [4.69, 9.17) is 10.5 Å². The van der Waals surface area contributed by atoms with Crippen LogP contribution in [0.5, 0.6) is 0 Å². The summed E-state index contributed by atoms with van der Waals surface area (Å²) >= 11 is 0. The Morgan fingerprint density at radius 3 is 2.83 bits per heavy atom. The van der Waals surface area contributed by atoms with Gasteiger partial charge in [0.15, 0.2) is 0 Å². The number of nitrogens with one attached hydrogen (secondary N) is 1. The molecule has 0 spiro atoms. The lowest BCUT2D eigenvalue weighted by molar-refractivity contribution is -0.117. The third-order valence-corrected chi connectivity index (χ3v) is 2.08. The molecule has 4 nitrogen and oxygen atoms in total. The van der Waals surface area contributed by atoms with Crippen molar-refractivity contribution in [1.82, 2.24) is 5.32 Å². The summed E-state index contributed by atoms with van der Waals surface area (Å²) in [6.07, 6.45) is 2.47. The molecule has 1 saturated carbocycles. The maximum Gasteiger partial charge on any atom is 0.231 e. The van der Waals surface area contributed by atoms with Crippen molar-refractivity contribution in [1.29, 1.82) is 0 Å². The van der Waals surface area contributed by atoms with Gasteiger partial charge < -0.3 is 15.8 Å². The van der Waals surface area contributed by atoms with E-state index < -0.39 is 0 Å². The Kier molecular flexibility index (Phi) is 3.49. The van der Waals surface area contributed by atoms with E-state index in [1.165, 1.54) is 12.8 Å². The maximum atomic E-state index is 10.5. The number of methoxy groups -OCH3 is 1. The first kappa shape index (κ1) is 9.48. The van der Waals surface area contributed by atoms with E-state index in [1.54, 1.807) is 7.11 Å². The third-order valence-electron chi connectivity index (χ3n) is 2.08. The van der Waals surface area contributed by atoms with Gasteiger partial charge in [0.05, 0.1) is 13.2 Å². The summed E-state index contributed by atoms with van der Waals surface area (Å²) in [5.74, 6) is 0.376. The molecule has 0 bridgehead atoms. The fourth-order valence-corrected chi connectivity index (χ4v) is 1.27. The minimum atomic E-state index is -0.309. The van der Waals surface area contributed by atoms with Crippen LogP contribution in [-0.4, -0.2) is 32.2 Å². The van der Waals surface area contributed by atoms with Gasteiger partial charge in [0, 0.05) is 13.2 Å². The summed E-state index contributed by atoms with van der Waals surface area (Å²) in [5, 5.41) is 3.08. The first-order valence-electron chi connectivity index (χ1n) is 4.24. The Morgan fingerprint density at radius 1 is 1.75 bits per heavy atom. The van der Waals surface area contributed by atoms with Crippen LogP contribution in [-0.2, 0) is 9.53 Å². The molecule has 0 aliphatic heterocycles. The molecule has 1 amide bonds. The molecule has 70 valence electrons. The lowest BCUT2D eigenvalue weighted by Gasteiger charge is -2.15. The fraction of sp³-hybridized carbons (Fsp3) is 0.875. The molecule has 12 heavy (non-hydrogen) atoms. The normalized spacial score (nSPS) is 19.1. The Bertz CT molecular complexity index is 157. The highest BCUT2D eigenvalue weighted by Crippen LogP contribution is 2.32. The van der Waals surface area contributed by atoms with Crippen molar-refractivity contribution in [2.45, 2.75) is 18.9 Å². The van der Waals surface area contributed by atoms with E-state index in [9.17, 15) is 4.79 Å². The molecule has 1 aliphatic carbocycles. The predicted octanol–water partition coefficient (Wildman–Crippen LogP) is -0.514. The summed E-state index contributed by atoms with van der Waals surface area (Å²) in [6, 6.07) is 0.308. The molecule has 0 heterocycles. The van der Waals surface area contributed by atoms with Crippen molar-refractivity contribution >= 4 is 5.91 Å². The van der Waals surface area contributed by atoms with Crippen molar-refractivity contribution < 1.29 is 9.53 Å². The van der Waals surface area contributed by atoms with Gasteiger partial charge in [-0.05, 0) is 18.8 Å². The average molecular weight is 172 g/mol. The molecule has 0 radical (unpaired) electrons. The smallest absolute Gasteiger partial charge is 0.231 e. The van der Waals surface area contributed by atoms with E-state index in [1.807, 2.05) is 0 Å². The Morgan fingerprint density at radius 2 is 2.42 bits per heavy atom. The van der Waals surface area contributed by atoms with Gasteiger partial charge in [0.1, 0.15) is 0 Å². The standard InChI is InChI=1S/C8H16N2O2/c1-12-5-7(6-2-3-6)10-4-8(9)11/h6-7,10H,2-5H2,1H3,(H2,9,11). The van der Waals surface area contributed by atoms with Gasteiger partial charge >= 0.3 is 0 Å². The largest absolute Gasteiger partial charge is 0.383 e. The summed E-state index contributed by atoms with van der Waals surface area (Å²) in [7, 11) is 1.67. The number of hydrogen-bond acceptors (Lipinski definition) is 3. The van der Waals surface area contributed by atoms with Crippen LogP contribution in [0.3, 0.4) is 0 Å². The molecular weight excluding hydrogens is 156 g/mol. The molecule has 1 unspecified atom stereocenters. The Labute approximate surface area is 72.5 Å². The van der Waals surface area contributed by atoms with Crippen LogP contribution < -0.4 is 11.1 Å². The second kappa shape index (κ2) is 4.42. The van der Waals surface area contributed by atoms with E-state index in [0.717, 1.165) is 0 Å². The number of hydrogen-bond donors (Lipinski definition) is 2. The molecule has 0 aromatic carbocycles. The van der Waals surface area contributed by atoms with Crippen LogP contribution in [0, 0.1) is 5.92 Å². The number of ether oxygens (including phenoxy) is 1. The summed E-state index contributed by atoms with van der Waals surface area (Å²) < 4.78 is 5.02. The lowest BCUT2D eigenvalue weighted by atomic mass is 10.2. The fourth-order valence-electron chi connectivity index (χ4n) is 1.27. The van der Waals surface area contributed by atoms with Crippen molar-refractivity contribution in [2.24, 2.45) is 11.7 Å². The minimum absolute atomic E-state index is 0.254. The van der Waals surface area contributed by atoms with Crippen molar-refractivity contribution in [3.8, 4) is 0 Å². The van der Waals surface area contributed by atoms with Gasteiger partial charge in [0.2, 0.25) is 5.91 Å². The average Bonchev–Trinajstić information content (AvgIpc) is 2.79. The zero-order chi connectivity index (χ0) is 8.97. The number of primary amides is 1. The van der Waals surface area contributed by atoms with Crippen molar-refractivity contribution in [3.05, 3.63) is 0 Å². The molecule has 1 fully saturated rings. The van der Waals surface area contributed by atoms with E-state index >= 15 is 0 Å². The SMILES string of the molecule is COCC(NCC(N)=O)C1CC1. The summed E-state index contributed by atoms with van der Waals surface area (Å²) in [4.78, 5) is 10.5. The van der Waals surface area contributed by atoms with Gasteiger partial charge in [-0.25, -0.2) is 0 Å². The van der Waals surface area contributed by atoms with Crippen LogP contribution in [0.15, 0.2) is 0 Å². The van der Waals surface area contributed by atoms with E-state index in [-0.39, 0.29) is 12.5 Å². The van der Waals surface area contributed by atoms with Crippen molar-refractivity contribution in [2.75, 3.05) is 20.3 Å². The number of carbonyl (C=O) groups is 1. The molecule has 0 aromatic heterocycles. The van der Waals surface area contributed by atoms with Gasteiger partial charge in [0.25, 0.3) is 0 Å². The van der Waals surface area contributed by atoms with Crippen LogP contribution in [0.1, 0.15) is 12.8 Å². The topological polar surface area (TPSA) is 64.3 Å². The summed E-state index contributed by atoms with van der Waals surface area (Å²) in [5.41, 5.74) is 5.02. The van der Waals surface area contributed by atoms with Crippen LogP contribution in [0.4, 0.5) is 0 Å². The van der Waals surface area contributed by atoms with Crippen LogP contribution in [0.25, 0.3) is 0 Å². The molecule has 0 saturated heterocycles. The molecule has 1 atom stereocenters. The molecule has 0 aromatic rings. The number of rotatable bonds is 6. The Balaban J connectivity index is 2.18. The molecular formula is C8H16N2O2. The second-order valence-electron chi connectivity index (χ2n) is 3.25. The maximum absolute atomic E-state index is 10.5. The molecule has 1 rings (SSSR count). The van der Waals surface area contributed by atoms with E-state index in [0.29, 0.717) is 18.6 Å². The Hall–Kier alpha value is -0.610. The van der Waals surface area contributed by atoms with Crippen LogP contribution >= 0.6 is 0 Å². The zero-order valence-electron chi connectivity index (χ0n) is 7.38. The van der Waals surface area contributed by atoms with Crippen LogP contribution in [0.2, 0.25) is 0 Å². The first-order chi connectivity index (χ1) is 5.74. The summed E-state index contributed by atoms with van der Waals surface area (Å²) in [6.45, 7) is 0.919. The van der Waals surface area contributed by atoms with Gasteiger partial charge in [-0.1, -0.05) is 0 Å². The van der Waals surface area contributed by atoms with Gasteiger partial charge in [-0.2, -0.15) is 0 Å². The van der Waals surface area contributed by atoms with E-state index in [2.05, 4.69) is 5.32 Å². The lowest BCUT2D eigenvalue weighted by Crippen LogP contribution is -2.40. The first-order valence-corrected chi connectivity index (χ1v) is 4.24. The highest BCUT2D eigenvalue weighted by Gasteiger charge is 2.30. The number of amides is 1. The number of carbonyl (C=O) groups excluding carboxylic acids is 1. The molecule has 4 heteroatoms. The predicted molar refractivity (Wildman–Crippen MR) is 45.6 cm³/mol. The third kappa shape index (κ3) is 3.19. The monoisotopic (exact) mass is 172 g/mol. The second-order valence-corrected chi connectivity index (χ2v) is 3.25. The quantitative estimate of drug-likeness (QED) is 0.567. The highest BCUT2D eigenvalue weighted by molar-refractivity contribution is 5.75. The molecule has 3 N–H and O–H groups in total. The number of nitrogens with two attached hydrogens (primary N) is 1. The zero-order valence-corrected chi connectivity index (χ0v) is 7.38.